The summed E-state index contributed by atoms with van der Waals surface area (Å²) < 4.78 is 18.9. The summed E-state index contributed by atoms with van der Waals surface area (Å²) >= 11 is 0. The van der Waals surface area contributed by atoms with Gasteiger partial charge in [0.25, 0.3) is 5.56 Å². The number of fused-ring (bicyclic) bond motifs is 1. The number of nitrogens with one attached hydrogen (secondary N) is 1. The molecule has 5 nitrogen and oxygen atoms in total. The summed E-state index contributed by atoms with van der Waals surface area (Å²) in [6.45, 7) is 1.49. The van der Waals surface area contributed by atoms with Crippen molar-refractivity contribution < 1.29 is 9.13 Å². The van der Waals surface area contributed by atoms with Crippen molar-refractivity contribution in [3.8, 4) is 5.75 Å². The van der Waals surface area contributed by atoms with Crippen LogP contribution in [-0.4, -0.2) is 29.2 Å². The Morgan fingerprint density at radius 2 is 1.80 bits per heavy atom. The first-order chi connectivity index (χ1) is 12.2. The van der Waals surface area contributed by atoms with Gasteiger partial charge < -0.3 is 9.64 Å². The van der Waals surface area contributed by atoms with Gasteiger partial charge in [0.15, 0.2) is 0 Å². The zero-order chi connectivity index (χ0) is 17.2. The van der Waals surface area contributed by atoms with Crippen molar-refractivity contribution in [3.63, 3.8) is 0 Å². The number of aromatic nitrogens is 2. The lowest BCUT2D eigenvalue weighted by Crippen LogP contribution is -2.39. The lowest BCUT2D eigenvalue weighted by Gasteiger charge is -2.32. The van der Waals surface area contributed by atoms with Crippen LogP contribution in [0.25, 0.3) is 10.9 Å². The molecule has 0 radical (unpaired) electrons. The highest BCUT2D eigenvalue weighted by molar-refractivity contribution is 5.78. The zero-order valence-corrected chi connectivity index (χ0v) is 13.6. The van der Waals surface area contributed by atoms with Crippen molar-refractivity contribution in [1.82, 2.24) is 9.97 Å². The van der Waals surface area contributed by atoms with Gasteiger partial charge in [-0.2, -0.15) is 0 Å². The number of nitrogens with zero attached hydrogens (tertiary/aromatic N) is 2. The summed E-state index contributed by atoms with van der Waals surface area (Å²) in [5, 5.41) is 0.598. The van der Waals surface area contributed by atoms with E-state index < -0.39 is 0 Å². The number of piperidine rings is 1. The second kappa shape index (κ2) is 6.55. The maximum atomic E-state index is 12.9. The molecule has 0 saturated carbocycles. The van der Waals surface area contributed by atoms with Crippen LogP contribution in [0.2, 0.25) is 0 Å². The molecule has 2 heterocycles. The summed E-state index contributed by atoms with van der Waals surface area (Å²) in [7, 11) is 0. The first-order valence-corrected chi connectivity index (χ1v) is 8.35. The topological polar surface area (TPSA) is 58.2 Å². The molecule has 1 aliphatic heterocycles. The summed E-state index contributed by atoms with van der Waals surface area (Å²) in [6, 6.07) is 13.4. The molecule has 1 aliphatic rings. The standard InChI is InChI=1S/C19H18FN3O2/c20-13-5-7-14(8-6-13)25-15-9-11-23(12-10-15)19-21-17-4-2-1-3-16(17)18(24)22-19/h1-8,15H,9-12H2,(H,21,22,24). The van der Waals surface area contributed by atoms with Crippen LogP contribution in [0.4, 0.5) is 10.3 Å². The molecule has 1 fully saturated rings. The smallest absolute Gasteiger partial charge is 0.260 e. The molecular formula is C19H18FN3O2. The molecule has 0 aliphatic carbocycles. The number of H-pyrrole nitrogens is 1. The fourth-order valence-corrected chi connectivity index (χ4v) is 3.11. The van der Waals surface area contributed by atoms with E-state index in [1.54, 1.807) is 18.2 Å². The van der Waals surface area contributed by atoms with E-state index in [0.29, 0.717) is 22.6 Å². The summed E-state index contributed by atoms with van der Waals surface area (Å²) in [5.74, 6) is 1.01. The first kappa shape index (κ1) is 15.6. The van der Waals surface area contributed by atoms with E-state index in [1.807, 2.05) is 18.2 Å². The second-order valence-corrected chi connectivity index (χ2v) is 6.16. The van der Waals surface area contributed by atoms with Crippen LogP contribution in [0.1, 0.15) is 12.8 Å². The van der Waals surface area contributed by atoms with Crippen molar-refractivity contribution in [2.24, 2.45) is 0 Å². The molecule has 1 aromatic heterocycles. The normalized spacial score (nSPS) is 15.5. The van der Waals surface area contributed by atoms with Crippen LogP contribution in [0, 0.1) is 5.82 Å². The number of anilines is 1. The molecule has 25 heavy (non-hydrogen) atoms. The fourth-order valence-electron chi connectivity index (χ4n) is 3.11. The van der Waals surface area contributed by atoms with E-state index in [9.17, 15) is 9.18 Å². The minimum absolute atomic E-state index is 0.0777. The van der Waals surface area contributed by atoms with E-state index in [4.69, 9.17) is 4.74 Å². The molecule has 4 rings (SSSR count). The van der Waals surface area contributed by atoms with Gasteiger partial charge in [0.2, 0.25) is 5.95 Å². The van der Waals surface area contributed by atoms with Gasteiger partial charge in [-0.25, -0.2) is 9.37 Å². The summed E-state index contributed by atoms with van der Waals surface area (Å²) in [6.07, 6.45) is 1.70. The number of halogens is 1. The lowest BCUT2D eigenvalue weighted by atomic mass is 10.1. The molecule has 0 bridgehead atoms. The number of ether oxygens (including phenoxy) is 1. The molecule has 0 amide bonds. The molecule has 3 aromatic rings. The Labute approximate surface area is 144 Å². The van der Waals surface area contributed by atoms with Crippen molar-refractivity contribution in [2.75, 3.05) is 18.0 Å². The highest BCUT2D eigenvalue weighted by Crippen LogP contribution is 2.22. The molecule has 0 spiro atoms. The molecule has 2 aromatic carbocycles. The number of rotatable bonds is 3. The SMILES string of the molecule is O=c1[nH]c(N2CCC(Oc3ccc(F)cc3)CC2)nc2ccccc12. The molecule has 1 N–H and O–H groups in total. The van der Waals surface area contributed by atoms with Gasteiger partial charge in [-0.15, -0.1) is 0 Å². The van der Waals surface area contributed by atoms with Crippen molar-refractivity contribution in [2.45, 2.75) is 18.9 Å². The molecular weight excluding hydrogens is 321 g/mol. The average molecular weight is 339 g/mol. The minimum Gasteiger partial charge on any atom is -0.490 e. The molecule has 0 unspecified atom stereocenters. The van der Waals surface area contributed by atoms with Gasteiger partial charge in [0.05, 0.1) is 10.9 Å². The first-order valence-electron chi connectivity index (χ1n) is 8.35. The van der Waals surface area contributed by atoms with Gasteiger partial charge in [0.1, 0.15) is 17.7 Å². The van der Waals surface area contributed by atoms with E-state index >= 15 is 0 Å². The van der Waals surface area contributed by atoms with Crippen molar-refractivity contribution in [3.05, 3.63) is 64.7 Å². The predicted molar refractivity (Wildman–Crippen MR) is 94.6 cm³/mol. The highest BCUT2D eigenvalue weighted by Gasteiger charge is 2.22. The van der Waals surface area contributed by atoms with E-state index in [-0.39, 0.29) is 17.5 Å². The molecule has 1 saturated heterocycles. The Hall–Kier alpha value is -2.89. The Bertz CT molecular complexity index is 931. The van der Waals surface area contributed by atoms with Gasteiger partial charge in [-0.05, 0) is 36.4 Å². The third-order valence-corrected chi connectivity index (χ3v) is 4.46. The Morgan fingerprint density at radius 1 is 1.08 bits per heavy atom. The molecule has 0 atom stereocenters. The molecule has 128 valence electrons. The highest BCUT2D eigenvalue weighted by atomic mass is 19.1. The van der Waals surface area contributed by atoms with Crippen LogP contribution >= 0.6 is 0 Å². The Morgan fingerprint density at radius 3 is 2.56 bits per heavy atom. The van der Waals surface area contributed by atoms with Crippen molar-refractivity contribution in [1.29, 1.82) is 0 Å². The van der Waals surface area contributed by atoms with Crippen LogP contribution < -0.4 is 15.2 Å². The average Bonchev–Trinajstić information content (AvgIpc) is 2.64. The van der Waals surface area contributed by atoms with Gasteiger partial charge in [-0.1, -0.05) is 12.1 Å². The van der Waals surface area contributed by atoms with Gasteiger partial charge in [-0.3, -0.25) is 9.78 Å². The number of aromatic amines is 1. The van der Waals surface area contributed by atoms with Crippen LogP contribution in [0.5, 0.6) is 5.75 Å². The van der Waals surface area contributed by atoms with Gasteiger partial charge in [0, 0.05) is 25.9 Å². The molecule has 6 heteroatoms. The van der Waals surface area contributed by atoms with Crippen molar-refractivity contribution >= 4 is 16.9 Å². The minimum atomic E-state index is -0.270. The predicted octanol–water partition coefficient (Wildman–Crippen LogP) is 3.11. The maximum Gasteiger partial charge on any atom is 0.260 e. The third-order valence-electron chi connectivity index (χ3n) is 4.46. The largest absolute Gasteiger partial charge is 0.490 e. The third kappa shape index (κ3) is 3.33. The van der Waals surface area contributed by atoms with Gasteiger partial charge >= 0.3 is 0 Å². The number of benzene rings is 2. The number of hydrogen-bond donors (Lipinski definition) is 1. The zero-order valence-electron chi connectivity index (χ0n) is 13.6. The Balaban J connectivity index is 1.45. The summed E-state index contributed by atoms with van der Waals surface area (Å²) in [4.78, 5) is 21.7. The maximum absolute atomic E-state index is 12.9. The fraction of sp³-hybridized carbons (Fsp3) is 0.263. The number of para-hydroxylation sites is 1. The number of hydrogen-bond acceptors (Lipinski definition) is 4. The van der Waals surface area contributed by atoms with Crippen LogP contribution in [0.3, 0.4) is 0 Å². The monoisotopic (exact) mass is 339 g/mol. The lowest BCUT2D eigenvalue weighted by molar-refractivity contribution is 0.170. The van der Waals surface area contributed by atoms with E-state index in [0.717, 1.165) is 25.9 Å². The van der Waals surface area contributed by atoms with Crippen LogP contribution in [-0.2, 0) is 0 Å². The van der Waals surface area contributed by atoms with Crippen LogP contribution in [0.15, 0.2) is 53.3 Å². The van der Waals surface area contributed by atoms with E-state index in [1.165, 1.54) is 12.1 Å². The second-order valence-electron chi connectivity index (χ2n) is 6.16. The van der Waals surface area contributed by atoms with E-state index in [2.05, 4.69) is 14.9 Å². The quantitative estimate of drug-likeness (QED) is 0.797. The summed E-state index contributed by atoms with van der Waals surface area (Å²) in [5.41, 5.74) is 0.580. The Kier molecular flexibility index (Phi) is 4.09.